The maximum atomic E-state index is 4.67. The van der Waals surface area contributed by atoms with E-state index in [-0.39, 0.29) is 0 Å². The lowest BCUT2D eigenvalue weighted by Crippen LogP contribution is -1.99. The predicted molar refractivity (Wildman–Crippen MR) is 95.9 cm³/mol. The fraction of sp³-hybridized carbons (Fsp3) is 0. The molecule has 0 aliphatic heterocycles. The predicted octanol–water partition coefficient (Wildman–Crippen LogP) is 4.65. The van der Waals surface area contributed by atoms with Gasteiger partial charge in [0.1, 0.15) is 5.82 Å². The number of benzene rings is 1. The second-order valence-electron chi connectivity index (χ2n) is 4.76. The van der Waals surface area contributed by atoms with Crippen molar-refractivity contribution in [3.05, 3.63) is 58.8 Å². The molecule has 0 saturated heterocycles. The third kappa shape index (κ3) is 2.93. The first kappa shape index (κ1) is 14.2. The summed E-state index contributed by atoms with van der Waals surface area (Å²) in [7, 11) is 0. The number of nitrogens with zero attached hydrogens (tertiary/aromatic N) is 4. The monoisotopic (exact) mass is 383 g/mol. The van der Waals surface area contributed by atoms with E-state index in [1.807, 2.05) is 35.7 Å². The number of fused-ring (bicyclic) bond motifs is 1. The smallest absolute Gasteiger partial charge is 0.188 e. The molecule has 0 saturated carbocycles. The van der Waals surface area contributed by atoms with Crippen molar-refractivity contribution in [3.63, 3.8) is 0 Å². The molecule has 0 aliphatic carbocycles. The van der Waals surface area contributed by atoms with Crippen LogP contribution in [0.2, 0.25) is 0 Å². The molecule has 5 nitrogen and oxygen atoms in total. The fourth-order valence-electron chi connectivity index (χ4n) is 2.21. The molecule has 0 atom stereocenters. The Morgan fingerprint density at radius 2 is 2.04 bits per heavy atom. The number of hydrogen-bond donors (Lipinski definition) is 1. The molecule has 112 valence electrons. The molecule has 1 N–H and O–H groups in total. The number of halogens is 1. The van der Waals surface area contributed by atoms with Gasteiger partial charge in [0.25, 0.3) is 0 Å². The van der Waals surface area contributed by atoms with Crippen LogP contribution in [0.3, 0.4) is 0 Å². The lowest BCUT2D eigenvalue weighted by Gasteiger charge is -2.09. The number of rotatable bonds is 3. The van der Waals surface area contributed by atoms with Crippen LogP contribution in [0.25, 0.3) is 22.3 Å². The van der Waals surface area contributed by atoms with Crippen LogP contribution in [0.4, 0.5) is 10.9 Å². The Balaban J connectivity index is 1.91. The highest BCUT2D eigenvalue weighted by Gasteiger charge is 2.11. The fourth-order valence-corrected chi connectivity index (χ4v) is 3.10. The van der Waals surface area contributed by atoms with Crippen molar-refractivity contribution in [1.82, 2.24) is 19.9 Å². The second kappa shape index (κ2) is 6.02. The van der Waals surface area contributed by atoms with Crippen molar-refractivity contribution >= 4 is 49.1 Å². The van der Waals surface area contributed by atoms with E-state index in [1.54, 1.807) is 18.6 Å². The maximum Gasteiger partial charge on any atom is 0.188 e. The van der Waals surface area contributed by atoms with Crippen molar-refractivity contribution in [3.8, 4) is 11.4 Å². The van der Waals surface area contributed by atoms with Gasteiger partial charge >= 0.3 is 0 Å². The van der Waals surface area contributed by atoms with Gasteiger partial charge in [0.15, 0.2) is 11.0 Å². The molecule has 0 aliphatic rings. The van der Waals surface area contributed by atoms with E-state index in [4.69, 9.17) is 0 Å². The molecule has 3 aromatic heterocycles. The topological polar surface area (TPSA) is 63.6 Å². The lowest BCUT2D eigenvalue weighted by molar-refractivity contribution is 1.20. The molecule has 0 spiro atoms. The highest BCUT2D eigenvalue weighted by molar-refractivity contribution is 9.10. The zero-order chi connectivity index (χ0) is 15.6. The largest absolute Gasteiger partial charge is 0.316 e. The lowest BCUT2D eigenvalue weighted by atomic mass is 10.2. The van der Waals surface area contributed by atoms with Crippen molar-refractivity contribution in [2.24, 2.45) is 0 Å². The highest BCUT2D eigenvalue weighted by atomic mass is 79.9. The maximum absolute atomic E-state index is 4.67. The van der Waals surface area contributed by atoms with Crippen LogP contribution in [-0.2, 0) is 0 Å². The first-order chi connectivity index (χ1) is 11.3. The molecule has 0 amide bonds. The number of anilines is 2. The minimum Gasteiger partial charge on any atom is -0.316 e. The number of aromatic nitrogens is 4. The Kier molecular flexibility index (Phi) is 3.72. The number of nitrogens with one attached hydrogen (secondary N) is 1. The van der Waals surface area contributed by atoms with E-state index in [2.05, 4.69) is 41.2 Å². The van der Waals surface area contributed by atoms with E-state index in [0.29, 0.717) is 5.82 Å². The van der Waals surface area contributed by atoms with Gasteiger partial charge < -0.3 is 5.32 Å². The molecule has 1 aromatic carbocycles. The highest BCUT2D eigenvalue weighted by Crippen LogP contribution is 2.29. The number of hydrogen-bond acceptors (Lipinski definition) is 6. The number of pyridine rings is 1. The molecule has 3 heterocycles. The molecule has 0 unspecified atom stereocenters. The summed E-state index contributed by atoms with van der Waals surface area (Å²) in [5.41, 5.74) is 1.74. The van der Waals surface area contributed by atoms with E-state index >= 15 is 0 Å². The number of thiazole rings is 1. The Morgan fingerprint density at radius 1 is 1.09 bits per heavy atom. The third-order valence-electron chi connectivity index (χ3n) is 3.24. The summed E-state index contributed by atoms with van der Waals surface area (Å²) in [6.07, 6.45) is 5.25. The van der Waals surface area contributed by atoms with Crippen molar-refractivity contribution in [2.75, 3.05) is 5.32 Å². The van der Waals surface area contributed by atoms with Crippen LogP contribution in [-0.4, -0.2) is 19.9 Å². The molecule has 4 aromatic rings. The molecule has 0 radical (unpaired) electrons. The zero-order valence-electron chi connectivity index (χ0n) is 11.8. The summed E-state index contributed by atoms with van der Waals surface area (Å²) in [6.45, 7) is 0. The van der Waals surface area contributed by atoms with Crippen LogP contribution < -0.4 is 5.32 Å². The first-order valence-corrected chi connectivity index (χ1v) is 8.51. The normalized spacial score (nSPS) is 10.8. The molecule has 4 rings (SSSR count). The SMILES string of the molecule is Brc1ccc2nc(-c3cccnc3)nc(Nc3nccs3)c2c1. The van der Waals surface area contributed by atoms with Gasteiger partial charge in [-0.05, 0) is 30.3 Å². The summed E-state index contributed by atoms with van der Waals surface area (Å²) in [5, 5.41) is 6.93. The van der Waals surface area contributed by atoms with Crippen molar-refractivity contribution in [1.29, 1.82) is 0 Å². The third-order valence-corrected chi connectivity index (χ3v) is 4.42. The van der Waals surface area contributed by atoms with Crippen LogP contribution in [0.15, 0.2) is 58.8 Å². The molecular formula is C16H10BrN5S. The summed E-state index contributed by atoms with van der Waals surface area (Å²) in [6, 6.07) is 9.75. The molecule has 23 heavy (non-hydrogen) atoms. The average Bonchev–Trinajstić information content (AvgIpc) is 3.09. The van der Waals surface area contributed by atoms with Crippen molar-refractivity contribution < 1.29 is 0 Å². The zero-order valence-corrected chi connectivity index (χ0v) is 14.2. The van der Waals surface area contributed by atoms with Gasteiger partial charge in [-0.3, -0.25) is 4.98 Å². The summed E-state index contributed by atoms with van der Waals surface area (Å²) in [4.78, 5) is 17.7. The minimum absolute atomic E-state index is 0.631. The summed E-state index contributed by atoms with van der Waals surface area (Å²) >= 11 is 5.03. The van der Waals surface area contributed by atoms with E-state index in [9.17, 15) is 0 Å². The van der Waals surface area contributed by atoms with Crippen molar-refractivity contribution in [2.45, 2.75) is 0 Å². The average molecular weight is 384 g/mol. The molecule has 7 heteroatoms. The van der Waals surface area contributed by atoms with E-state index in [0.717, 1.165) is 31.9 Å². The van der Waals surface area contributed by atoms with Crippen LogP contribution >= 0.6 is 27.3 Å². The van der Waals surface area contributed by atoms with E-state index < -0.39 is 0 Å². The molecule has 0 bridgehead atoms. The Bertz CT molecular complexity index is 957. The van der Waals surface area contributed by atoms with Crippen LogP contribution in [0.5, 0.6) is 0 Å². The van der Waals surface area contributed by atoms with Gasteiger partial charge in [-0.1, -0.05) is 15.9 Å². The van der Waals surface area contributed by atoms with Gasteiger partial charge in [-0.25, -0.2) is 15.0 Å². The van der Waals surface area contributed by atoms with Gasteiger partial charge in [-0.2, -0.15) is 0 Å². The van der Waals surface area contributed by atoms with Gasteiger partial charge in [0, 0.05) is 39.4 Å². The quantitative estimate of drug-likeness (QED) is 0.557. The summed E-state index contributed by atoms with van der Waals surface area (Å²) in [5.74, 6) is 1.36. The van der Waals surface area contributed by atoms with Gasteiger partial charge in [0.05, 0.1) is 5.52 Å². The summed E-state index contributed by atoms with van der Waals surface area (Å²) < 4.78 is 0.977. The first-order valence-electron chi connectivity index (χ1n) is 6.84. The van der Waals surface area contributed by atoms with E-state index in [1.165, 1.54) is 11.3 Å². The van der Waals surface area contributed by atoms with Crippen LogP contribution in [0, 0.1) is 0 Å². The standard InChI is InChI=1S/C16H10BrN5S/c17-11-3-4-13-12(8-11)15(22-16-19-6-7-23-16)21-14(20-13)10-2-1-5-18-9-10/h1-9H,(H,19,20,21,22). The molecule has 0 fully saturated rings. The minimum atomic E-state index is 0.631. The molecular weight excluding hydrogens is 374 g/mol. The second-order valence-corrected chi connectivity index (χ2v) is 6.57. The Morgan fingerprint density at radius 3 is 2.83 bits per heavy atom. The van der Waals surface area contributed by atoms with Gasteiger partial charge in [0.2, 0.25) is 0 Å². The van der Waals surface area contributed by atoms with Gasteiger partial charge in [-0.15, -0.1) is 11.3 Å². The van der Waals surface area contributed by atoms with Crippen LogP contribution in [0.1, 0.15) is 0 Å². The Hall–Kier alpha value is -2.38. The Labute approximate surface area is 144 Å².